The van der Waals surface area contributed by atoms with Crippen LogP contribution in [0.2, 0.25) is 0 Å². The molecule has 0 unspecified atom stereocenters. The van der Waals surface area contributed by atoms with Crippen LogP contribution in [0.3, 0.4) is 0 Å². The standard InChI is InChI=1S/C21H32N4O3/c1-20(2,3)17-12-18(25(24-17)21(4,5)6)23-19(26)22-13-14-9-10-15(27-7)16(11-14)28-8/h9-12H,13H2,1-8H3,(H2,22,23,26). The molecule has 0 fully saturated rings. The van der Waals surface area contributed by atoms with Gasteiger partial charge in [0.1, 0.15) is 5.82 Å². The molecule has 0 saturated heterocycles. The Hall–Kier alpha value is -2.70. The minimum absolute atomic E-state index is 0.108. The number of methoxy groups -OCH3 is 2. The molecule has 0 spiro atoms. The van der Waals surface area contributed by atoms with Crippen molar-refractivity contribution in [2.45, 2.75) is 59.0 Å². The summed E-state index contributed by atoms with van der Waals surface area (Å²) in [6.07, 6.45) is 0. The number of anilines is 1. The topological polar surface area (TPSA) is 77.4 Å². The molecule has 0 aliphatic heterocycles. The van der Waals surface area contributed by atoms with E-state index in [1.165, 1.54) is 0 Å². The van der Waals surface area contributed by atoms with E-state index in [0.717, 1.165) is 11.3 Å². The first kappa shape index (κ1) is 21.6. The first-order valence-electron chi connectivity index (χ1n) is 9.32. The Kier molecular flexibility index (Phi) is 6.27. The van der Waals surface area contributed by atoms with Crippen LogP contribution in [-0.2, 0) is 17.5 Å². The summed E-state index contributed by atoms with van der Waals surface area (Å²) in [4.78, 5) is 12.5. The van der Waals surface area contributed by atoms with Crippen molar-refractivity contribution in [3.8, 4) is 11.5 Å². The number of nitrogens with zero attached hydrogens (tertiary/aromatic N) is 2. The molecular formula is C21H32N4O3. The molecule has 2 rings (SSSR count). The van der Waals surface area contributed by atoms with E-state index in [4.69, 9.17) is 14.6 Å². The average Bonchev–Trinajstić information content (AvgIpc) is 3.04. The molecule has 2 aromatic rings. The number of amides is 2. The van der Waals surface area contributed by atoms with Crippen molar-refractivity contribution in [3.63, 3.8) is 0 Å². The molecule has 1 heterocycles. The fourth-order valence-corrected chi connectivity index (χ4v) is 2.68. The van der Waals surface area contributed by atoms with Gasteiger partial charge in [-0.3, -0.25) is 5.32 Å². The van der Waals surface area contributed by atoms with Crippen LogP contribution in [-0.4, -0.2) is 30.0 Å². The molecule has 1 aromatic heterocycles. The molecule has 0 atom stereocenters. The van der Waals surface area contributed by atoms with Gasteiger partial charge >= 0.3 is 6.03 Å². The van der Waals surface area contributed by atoms with Gasteiger partial charge in [0.2, 0.25) is 0 Å². The van der Waals surface area contributed by atoms with Crippen LogP contribution >= 0.6 is 0 Å². The van der Waals surface area contributed by atoms with Gasteiger partial charge in [0.15, 0.2) is 11.5 Å². The van der Waals surface area contributed by atoms with Crippen molar-refractivity contribution < 1.29 is 14.3 Å². The molecule has 0 bridgehead atoms. The summed E-state index contributed by atoms with van der Waals surface area (Å²) < 4.78 is 12.4. The maximum Gasteiger partial charge on any atom is 0.320 e. The highest BCUT2D eigenvalue weighted by Crippen LogP contribution is 2.29. The molecule has 28 heavy (non-hydrogen) atoms. The van der Waals surface area contributed by atoms with Gasteiger partial charge in [-0.05, 0) is 38.5 Å². The highest BCUT2D eigenvalue weighted by molar-refractivity contribution is 5.88. The van der Waals surface area contributed by atoms with Crippen molar-refractivity contribution in [3.05, 3.63) is 35.5 Å². The third-order valence-corrected chi connectivity index (χ3v) is 4.26. The molecule has 7 heteroatoms. The quantitative estimate of drug-likeness (QED) is 0.802. The Morgan fingerprint density at radius 1 is 1.04 bits per heavy atom. The van der Waals surface area contributed by atoms with Gasteiger partial charge in [-0.15, -0.1) is 0 Å². The second-order valence-corrected chi connectivity index (χ2v) is 8.74. The van der Waals surface area contributed by atoms with E-state index in [1.54, 1.807) is 14.2 Å². The Labute approximate surface area is 167 Å². The third kappa shape index (κ3) is 5.18. The SMILES string of the molecule is COc1ccc(CNC(=O)Nc2cc(C(C)(C)C)nn2C(C)(C)C)cc1OC. The van der Waals surface area contributed by atoms with Crippen molar-refractivity contribution in [2.24, 2.45) is 0 Å². The number of benzene rings is 1. The van der Waals surface area contributed by atoms with Crippen LogP contribution in [0.1, 0.15) is 52.8 Å². The van der Waals surface area contributed by atoms with Crippen LogP contribution in [0.15, 0.2) is 24.3 Å². The van der Waals surface area contributed by atoms with Crippen molar-refractivity contribution in [2.75, 3.05) is 19.5 Å². The Balaban J connectivity index is 2.12. The summed E-state index contributed by atoms with van der Waals surface area (Å²) in [5.41, 5.74) is 1.48. The summed E-state index contributed by atoms with van der Waals surface area (Å²) >= 11 is 0. The largest absolute Gasteiger partial charge is 0.493 e. The van der Waals surface area contributed by atoms with E-state index < -0.39 is 0 Å². The van der Waals surface area contributed by atoms with Crippen molar-refractivity contribution >= 4 is 11.8 Å². The smallest absolute Gasteiger partial charge is 0.320 e. The van der Waals surface area contributed by atoms with E-state index in [0.29, 0.717) is 23.9 Å². The summed E-state index contributed by atoms with van der Waals surface area (Å²) in [7, 11) is 3.18. The normalized spacial score (nSPS) is 11.9. The lowest BCUT2D eigenvalue weighted by atomic mass is 9.92. The third-order valence-electron chi connectivity index (χ3n) is 4.26. The average molecular weight is 389 g/mol. The van der Waals surface area contributed by atoms with Gasteiger partial charge in [-0.2, -0.15) is 5.10 Å². The molecular weight excluding hydrogens is 356 g/mol. The number of aromatic nitrogens is 2. The molecule has 0 saturated carbocycles. The van der Waals surface area contributed by atoms with Gasteiger partial charge in [0.25, 0.3) is 0 Å². The van der Waals surface area contributed by atoms with E-state index in [-0.39, 0.29) is 17.0 Å². The molecule has 2 amide bonds. The lowest BCUT2D eigenvalue weighted by molar-refractivity contribution is 0.251. The highest BCUT2D eigenvalue weighted by Gasteiger charge is 2.25. The predicted octanol–water partition coefficient (Wildman–Crippen LogP) is 4.27. The maximum atomic E-state index is 12.5. The van der Waals surface area contributed by atoms with Crippen LogP contribution in [0.4, 0.5) is 10.6 Å². The number of hydrogen-bond donors (Lipinski definition) is 2. The fraction of sp³-hybridized carbons (Fsp3) is 0.524. The van der Waals surface area contributed by atoms with Crippen molar-refractivity contribution in [1.82, 2.24) is 15.1 Å². The number of nitrogens with one attached hydrogen (secondary N) is 2. The lowest BCUT2D eigenvalue weighted by Gasteiger charge is -2.23. The Morgan fingerprint density at radius 3 is 2.21 bits per heavy atom. The maximum absolute atomic E-state index is 12.5. The fourth-order valence-electron chi connectivity index (χ4n) is 2.68. The molecule has 1 aromatic carbocycles. The van der Waals surface area contributed by atoms with E-state index in [9.17, 15) is 4.79 Å². The van der Waals surface area contributed by atoms with Gasteiger partial charge in [0, 0.05) is 18.0 Å². The number of carbonyl (C=O) groups is 1. The summed E-state index contributed by atoms with van der Waals surface area (Å²) in [6, 6.07) is 7.19. The molecule has 0 aliphatic rings. The summed E-state index contributed by atoms with van der Waals surface area (Å²) in [5.74, 6) is 1.95. The molecule has 154 valence electrons. The van der Waals surface area contributed by atoms with E-state index in [2.05, 4.69) is 52.2 Å². The van der Waals surface area contributed by atoms with E-state index in [1.807, 2.05) is 28.9 Å². The number of urea groups is 1. The minimum atomic E-state index is -0.291. The zero-order valence-electron chi connectivity index (χ0n) is 18.1. The minimum Gasteiger partial charge on any atom is -0.493 e. The zero-order valence-corrected chi connectivity index (χ0v) is 18.1. The number of hydrogen-bond acceptors (Lipinski definition) is 4. The zero-order chi connectivity index (χ0) is 21.1. The van der Waals surface area contributed by atoms with Gasteiger partial charge < -0.3 is 14.8 Å². The first-order chi connectivity index (χ1) is 13.0. The Bertz CT molecular complexity index is 829. The lowest BCUT2D eigenvalue weighted by Crippen LogP contribution is -2.32. The van der Waals surface area contributed by atoms with Crippen LogP contribution < -0.4 is 20.1 Å². The molecule has 7 nitrogen and oxygen atoms in total. The van der Waals surface area contributed by atoms with Crippen LogP contribution in [0.5, 0.6) is 11.5 Å². The Morgan fingerprint density at radius 2 is 1.68 bits per heavy atom. The van der Waals surface area contributed by atoms with Crippen molar-refractivity contribution in [1.29, 1.82) is 0 Å². The van der Waals surface area contributed by atoms with Crippen LogP contribution in [0, 0.1) is 0 Å². The van der Waals surface area contributed by atoms with Gasteiger partial charge in [-0.25, -0.2) is 9.48 Å². The van der Waals surface area contributed by atoms with Gasteiger partial charge in [-0.1, -0.05) is 26.8 Å². The number of rotatable bonds is 5. The number of ether oxygens (including phenoxy) is 2. The summed E-state index contributed by atoms with van der Waals surface area (Å²) in [5, 5.41) is 10.5. The van der Waals surface area contributed by atoms with E-state index >= 15 is 0 Å². The monoisotopic (exact) mass is 388 g/mol. The molecule has 0 radical (unpaired) electrons. The van der Waals surface area contributed by atoms with Crippen LogP contribution in [0.25, 0.3) is 0 Å². The summed E-state index contributed by atoms with van der Waals surface area (Å²) in [6.45, 7) is 12.8. The highest BCUT2D eigenvalue weighted by atomic mass is 16.5. The van der Waals surface area contributed by atoms with Gasteiger partial charge in [0.05, 0.1) is 25.5 Å². The second kappa shape index (κ2) is 8.12. The molecule has 2 N–H and O–H groups in total. The first-order valence-corrected chi connectivity index (χ1v) is 9.32. The number of carbonyl (C=O) groups excluding carboxylic acids is 1. The predicted molar refractivity (Wildman–Crippen MR) is 111 cm³/mol. The second-order valence-electron chi connectivity index (χ2n) is 8.74. The molecule has 0 aliphatic carbocycles.